The molecule has 2 nitrogen and oxygen atoms in total. The highest BCUT2D eigenvalue weighted by Crippen LogP contribution is 2.37. The highest BCUT2D eigenvalue weighted by atomic mass is 32.1. The summed E-state index contributed by atoms with van der Waals surface area (Å²) in [7, 11) is 0. The Hall–Kier alpha value is -1.48. The van der Waals surface area contributed by atoms with Crippen LogP contribution < -0.4 is 10.1 Å². The summed E-state index contributed by atoms with van der Waals surface area (Å²) in [6, 6.07) is 11.0. The zero-order valence-electron chi connectivity index (χ0n) is 9.77. The van der Waals surface area contributed by atoms with Crippen molar-refractivity contribution in [1.29, 1.82) is 0 Å². The third-order valence-corrected chi connectivity index (χ3v) is 4.01. The average Bonchev–Trinajstić information content (AvgIpc) is 2.97. The molecule has 0 fully saturated rings. The largest absolute Gasteiger partial charge is 0.494 e. The molecule has 1 unspecified atom stereocenters. The van der Waals surface area contributed by atoms with Crippen LogP contribution in [-0.4, -0.2) is 6.61 Å². The second-order valence-electron chi connectivity index (χ2n) is 4.17. The summed E-state index contributed by atoms with van der Waals surface area (Å²) in [5.74, 6) is 0.972. The Balaban J connectivity index is 1.83. The number of fused-ring (bicyclic) bond motifs is 1. The Morgan fingerprint density at radius 2 is 2.35 bits per heavy atom. The summed E-state index contributed by atoms with van der Waals surface area (Å²) in [4.78, 5) is 1.40. The first kappa shape index (κ1) is 10.7. The highest BCUT2D eigenvalue weighted by molar-refractivity contribution is 7.10. The third kappa shape index (κ3) is 2.03. The zero-order valence-corrected chi connectivity index (χ0v) is 10.6. The summed E-state index contributed by atoms with van der Waals surface area (Å²) in [6.07, 6.45) is 1.05. The molecule has 0 saturated heterocycles. The topological polar surface area (TPSA) is 21.3 Å². The molecule has 0 saturated carbocycles. The van der Waals surface area contributed by atoms with Crippen LogP contribution in [0.4, 0.5) is 5.69 Å². The maximum Gasteiger partial charge on any atom is 0.119 e. The molecule has 3 rings (SSSR count). The molecule has 0 bridgehead atoms. The van der Waals surface area contributed by atoms with E-state index in [1.165, 1.54) is 16.1 Å². The van der Waals surface area contributed by atoms with Crippen LogP contribution in [0.3, 0.4) is 0 Å². The summed E-state index contributed by atoms with van der Waals surface area (Å²) in [5, 5.41) is 5.69. The maximum absolute atomic E-state index is 5.53. The fourth-order valence-corrected chi connectivity index (χ4v) is 3.03. The van der Waals surface area contributed by atoms with E-state index >= 15 is 0 Å². The molecule has 1 aliphatic rings. The van der Waals surface area contributed by atoms with Gasteiger partial charge in [0.25, 0.3) is 0 Å². The number of hydrogen-bond donors (Lipinski definition) is 1. The second kappa shape index (κ2) is 4.41. The number of benzene rings is 1. The van der Waals surface area contributed by atoms with Crippen LogP contribution in [0, 0.1) is 0 Å². The van der Waals surface area contributed by atoms with Crippen molar-refractivity contribution in [2.45, 2.75) is 19.4 Å². The summed E-state index contributed by atoms with van der Waals surface area (Å²) in [5.41, 5.74) is 2.60. The molecular formula is C14H15NOS. The highest BCUT2D eigenvalue weighted by Gasteiger charge is 2.22. The fraction of sp³-hybridized carbons (Fsp3) is 0.286. The van der Waals surface area contributed by atoms with Gasteiger partial charge in [0.1, 0.15) is 5.75 Å². The molecule has 1 N–H and O–H groups in total. The van der Waals surface area contributed by atoms with Gasteiger partial charge >= 0.3 is 0 Å². The Bertz CT molecular complexity index is 507. The van der Waals surface area contributed by atoms with Gasteiger partial charge in [0.05, 0.1) is 12.6 Å². The first-order chi connectivity index (χ1) is 8.36. The quantitative estimate of drug-likeness (QED) is 0.886. The van der Waals surface area contributed by atoms with E-state index in [0.29, 0.717) is 6.04 Å². The number of nitrogens with one attached hydrogen (secondary N) is 1. The summed E-state index contributed by atoms with van der Waals surface area (Å²) < 4.78 is 5.53. The SMILES string of the molecule is CCOc1ccc2c(c1)CC(c1cccs1)N2. The monoisotopic (exact) mass is 245 g/mol. The minimum absolute atomic E-state index is 0.432. The van der Waals surface area contributed by atoms with Crippen LogP contribution in [0.25, 0.3) is 0 Å². The number of hydrogen-bond acceptors (Lipinski definition) is 3. The smallest absolute Gasteiger partial charge is 0.119 e. The van der Waals surface area contributed by atoms with Gasteiger partial charge in [0.2, 0.25) is 0 Å². The van der Waals surface area contributed by atoms with E-state index in [1.54, 1.807) is 0 Å². The van der Waals surface area contributed by atoms with Gasteiger partial charge in [-0.15, -0.1) is 11.3 Å². The molecule has 2 heterocycles. The van der Waals surface area contributed by atoms with Crippen LogP contribution in [0.15, 0.2) is 35.7 Å². The predicted molar refractivity (Wildman–Crippen MR) is 72.0 cm³/mol. The number of ether oxygens (including phenoxy) is 1. The van der Waals surface area contributed by atoms with Crippen molar-refractivity contribution in [3.63, 3.8) is 0 Å². The fourth-order valence-electron chi connectivity index (χ4n) is 2.26. The number of thiophene rings is 1. The first-order valence-corrected chi connectivity index (χ1v) is 6.80. The standard InChI is InChI=1S/C14H15NOS/c1-2-16-11-5-6-12-10(8-11)9-13(15-12)14-4-3-7-17-14/h3-8,13,15H,2,9H2,1H3. The van der Waals surface area contributed by atoms with E-state index in [9.17, 15) is 0 Å². The lowest BCUT2D eigenvalue weighted by atomic mass is 10.1. The van der Waals surface area contributed by atoms with Crippen molar-refractivity contribution in [2.75, 3.05) is 11.9 Å². The molecule has 2 aromatic rings. The lowest BCUT2D eigenvalue weighted by Crippen LogP contribution is -2.02. The molecule has 0 amide bonds. The predicted octanol–water partition coefficient (Wildman–Crippen LogP) is 3.86. The molecule has 1 aromatic heterocycles. The van der Waals surface area contributed by atoms with Crippen molar-refractivity contribution >= 4 is 17.0 Å². The summed E-state index contributed by atoms with van der Waals surface area (Å²) in [6.45, 7) is 2.74. The van der Waals surface area contributed by atoms with Crippen LogP contribution in [0.1, 0.15) is 23.4 Å². The van der Waals surface area contributed by atoms with Crippen molar-refractivity contribution in [1.82, 2.24) is 0 Å². The molecular weight excluding hydrogens is 230 g/mol. The van der Waals surface area contributed by atoms with Gasteiger partial charge in [0.15, 0.2) is 0 Å². The Kier molecular flexibility index (Phi) is 2.77. The number of rotatable bonds is 3. The molecule has 88 valence electrons. The molecule has 1 aliphatic heterocycles. The van der Waals surface area contributed by atoms with Gasteiger partial charge in [-0.2, -0.15) is 0 Å². The minimum Gasteiger partial charge on any atom is -0.494 e. The van der Waals surface area contributed by atoms with Gasteiger partial charge in [-0.05, 0) is 48.6 Å². The van der Waals surface area contributed by atoms with Gasteiger partial charge in [0, 0.05) is 10.6 Å². The van der Waals surface area contributed by atoms with Crippen molar-refractivity contribution in [2.24, 2.45) is 0 Å². The van der Waals surface area contributed by atoms with Crippen LogP contribution in [0.2, 0.25) is 0 Å². The minimum atomic E-state index is 0.432. The molecule has 0 radical (unpaired) electrons. The Morgan fingerprint density at radius 1 is 1.41 bits per heavy atom. The van der Waals surface area contributed by atoms with E-state index in [2.05, 4.69) is 35.0 Å². The maximum atomic E-state index is 5.53. The Morgan fingerprint density at radius 3 is 3.12 bits per heavy atom. The van der Waals surface area contributed by atoms with E-state index in [0.717, 1.165) is 18.8 Å². The van der Waals surface area contributed by atoms with E-state index in [4.69, 9.17) is 4.74 Å². The van der Waals surface area contributed by atoms with Crippen LogP contribution >= 0.6 is 11.3 Å². The second-order valence-corrected chi connectivity index (χ2v) is 5.15. The Labute approximate surface area is 105 Å². The van der Waals surface area contributed by atoms with Gasteiger partial charge in [-0.3, -0.25) is 0 Å². The van der Waals surface area contributed by atoms with Gasteiger partial charge in [-0.1, -0.05) is 6.07 Å². The van der Waals surface area contributed by atoms with Gasteiger partial charge < -0.3 is 10.1 Å². The van der Waals surface area contributed by atoms with E-state index in [1.807, 2.05) is 24.3 Å². The van der Waals surface area contributed by atoms with Crippen molar-refractivity contribution in [3.8, 4) is 5.75 Å². The molecule has 1 atom stereocenters. The number of anilines is 1. The molecule has 17 heavy (non-hydrogen) atoms. The molecule has 0 aliphatic carbocycles. The lowest BCUT2D eigenvalue weighted by Gasteiger charge is -2.07. The van der Waals surface area contributed by atoms with Crippen LogP contribution in [-0.2, 0) is 6.42 Å². The lowest BCUT2D eigenvalue weighted by molar-refractivity contribution is 0.340. The third-order valence-electron chi connectivity index (χ3n) is 3.03. The first-order valence-electron chi connectivity index (χ1n) is 5.92. The van der Waals surface area contributed by atoms with E-state index in [-0.39, 0.29) is 0 Å². The molecule has 0 spiro atoms. The average molecular weight is 245 g/mol. The van der Waals surface area contributed by atoms with Crippen molar-refractivity contribution < 1.29 is 4.74 Å². The molecule has 1 aromatic carbocycles. The zero-order chi connectivity index (χ0) is 11.7. The van der Waals surface area contributed by atoms with E-state index < -0.39 is 0 Å². The normalized spacial score (nSPS) is 17.6. The summed E-state index contributed by atoms with van der Waals surface area (Å²) >= 11 is 1.81. The molecule has 3 heteroatoms. The van der Waals surface area contributed by atoms with Crippen molar-refractivity contribution in [3.05, 3.63) is 46.2 Å². The van der Waals surface area contributed by atoms with Gasteiger partial charge in [-0.25, -0.2) is 0 Å². The van der Waals surface area contributed by atoms with Crippen LogP contribution in [0.5, 0.6) is 5.75 Å².